The van der Waals surface area contributed by atoms with Gasteiger partial charge in [-0.25, -0.2) is 4.57 Å². The molecule has 0 unspecified atom stereocenters. The summed E-state index contributed by atoms with van der Waals surface area (Å²) >= 11 is 0.709. The monoisotopic (exact) mass is 274 g/mol. The Balaban J connectivity index is -0.000000845. The fraction of sp³-hybridized carbons (Fsp3) is 1.00. The van der Waals surface area contributed by atoms with E-state index >= 15 is 0 Å². The number of hydrogen-bond acceptors (Lipinski definition) is 4. The Labute approximate surface area is 103 Å². The molecular formula is C9H27N2O3PS. The summed E-state index contributed by atoms with van der Waals surface area (Å²) in [6, 6.07) is 0. The maximum Gasteiger partial charge on any atom is 0.383 e. The van der Waals surface area contributed by atoms with Crippen LogP contribution in [-0.4, -0.2) is 35.2 Å². The van der Waals surface area contributed by atoms with Crippen LogP contribution in [0.4, 0.5) is 0 Å². The highest BCUT2D eigenvalue weighted by Gasteiger charge is 2.11. The molecule has 102 valence electrons. The SMILES string of the molecule is C.C.NCCCCNCCCSP(=O)(O)O. The van der Waals surface area contributed by atoms with Crippen molar-refractivity contribution in [3.8, 4) is 0 Å². The van der Waals surface area contributed by atoms with Gasteiger partial charge in [-0.15, -0.1) is 0 Å². The van der Waals surface area contributed by atoms with Crippen LogP contribution in [0.3, 0.4) is 0 Å². The lowest BCUT2D eigenvalue weighted by Crippen LogP contribution is -2.18. The summed E-state index contributed by atoms with van der Waals surface area (Å²) in [4.78, 5) is 17.1. The Morgan fingerprint density at radius 2 is 1.69 bits per heavy atom. The fourth-order valence-corrected chi connectivity index (χ4v) is 2.51. The molecule has 0 rings (SSSR count). The van der Waals surface area contributed by atoms with E-state index in [1.54, 1.807) is 0 Å². The van der Waals surface area contributed by atoms with Crippen molar-refractivity contribution in [2.75, 3.05) is 25.4 Å². The third-order valence-corrected chi connectivity index (χ3v) is 3.93. The maximum absolute atomic E-state index is 10.4. The minimum Gasteiger partial charge on any atom is -0.330 e. The maximum atomic E-state index is 10.4. The molecule has 0 aromatic heterocycles. The zero-order valence-electron chi connectivity index (χ0n) is 8.19. The predicted molar refractivity (Wildman–Crippen MR) is 73.7 cm³/mol. The van der Waals surface area contributed by atoms with E-state index in [4.69, 9.17) is 15.5 Å². The lowest BCUT2D eigenvalue weighted by Gasteiger charge is -2.04. The first-order chi connectivity index (χ1) is 6.56. The highest BCUT2D eigenvalue weighted by molar-refractivity contribution is 8.54. The molecule has 16 heavy (non-hydrogen) atoms. The van der Waals surface area contributed by atoms with Gasteiger partial charge in [0.2, 0.25) is 0 Å². The number of unbranched alkanes of at least 4 members (excludes halogenated alkanes) is 1. The van der Waals surface area contributed by atoms with Gasteiger partial charge in [0.1, 0.15) is 0 Å². The van der Waals surface area contributed by atoms with E-state index in [0.29, 0.717) is 17.1 Å². The quantitative estimate of drug-likeness (QED) is 0.378. The summed E-state index contributed by atoms with van der Waals surface area (Å²) in [5.74, 6) is 0.494. The third kappa shape index (κ3) is 19.9. The standard InChI is InChI=1S/C7H19N2O3PS.2CH4/c8-4-1-2-5-9-6-3-7-14-13(10,11)12;;/h9H,1-8H2,(H2,10,11,12);2*1H4. The summed E-state index contributed by atoms with van der Waals surface area (Å²) < 4.78 is 10.4. The summed E-state index contributed by atoms with van der Waals surface area (Å²) in [5, 5.41) is 3.18. The van der Waals surface area contributed by atoms with Crippen LogP contribution in [0.15, 0.2) is 0 Å². The highest BCUT2D eigenvalue weighted by atomic mass is 32.7. The van der Waals surface area contributed by atoms with Gasteiger partial charge in [0.15, 0.2) is 0 Å². The molecule has 0 radical (unpaired) electrons. The van der Waals surface area contributed by atoms with Crippen molar-refractivity contribution in [3.63, 3.8) is 0 Å². The lowest BCUT2D eigenvalue weighted by atomic mass is 10.3. The van der Waals surface area contributed by atoms with Crippen molar-refractivity contribution in [1.82, 2.24) is 5.32 Å². The smallest absolute Gasteiger partial charge is 0.330 e. The van der Waals surface area contributed by atoms with Gasteiger partial charge in [0.05, 0.1) is 0 Å². The molecule has 0 aliphatic carbocycles. The molecule has 0 saturated carbocycles. The Bertz CT molecular complexity index is 178. The molecule has 0 aromatic carbocycles. The number of rotatable bonds is 9. The van der Waals surface area contributed by atoms with Gasteiger partial charge in [-0.2, -0.15) is 0 Å². The van der Waals surface area contributed by atoms with Crippen LogP contribution in [-0.2, 0) is 4.57 Å². The average Bonchev–Trinajstić information content (AvgIpc) is 2.08. The summed E-state index contributed by atoms with van der Waals surface area (Å²) in [5.41, 5.74) is 5.32. The fourth-order valence-electron chi connectivity index (χ4n) is 0.900. The van der Waals surface area contributed by atoms with Gasteiger partial charge < -0.3 is 20.8 Å². The van der Waals surface area contributed by atoms with Crippen LogP contribution in [0.25, 0.3) is 0 Å². The van der Waals surface area contributed by atoms with Crippen LogP contribution in [0.5, 0.6) is 0 Å². The van der Waals surface area contributed by atoms with E-state index < -0.39 is 6.80 Å². The first-order valence-electron chi connectivity index (χ1n) is 4.67. The molecule has 0 amide bonds. The first kappa shape index (κ1) is 21.7. The normalized spacial score (nSPS) is 10.4. The first-order valence-corrected chi connectivity index (χ1v) is 7.87. The number of nitrogens with one attached hydrogen (secondary N) is 1. The molecule has 0 aliphatic heterocycles. The molecule has 0 heterocycles. The van der Waals surface area contributed by atoms with Crippen LogP contribution >= 0.6 is 18.2 Å². The zero-order valence-corrected chi connectivity index (χ0v) is 9.90. The Hall–Kier alpha value is 0.420. The molecular weight excluding hydrogens is 247 g/mol. The molecule has 5 nitrogen and oxygen atoms in total. The van der Waals surface area contributed by atoms with Gasteiger partial charge in [-0.3, -0.25) is 0 Å². The van der Waals surface area contributed by atoms with Crippen molar-refractivity contribution in [1.29, 1.82) is 0 Å². The molecule has 0 saturated heterocycles. The average molecular weight is 274 g/mol. The van der Waals surface area contributed by atoms with Gasteiger partial charge in [-0.05, 0) is 50.3 Å². The second-order valence-electron chi connectivity index (χ2n) is 2.92. The van der Waals surface area contributed by atoms with E-state index in [9.17, 15) is 4.57 Å². The van der Waals surface area contributed by atoms with Gasteiger partial charge in [-0.1, -0.05) is 14.9 Å². The molecule has 0 bridgehead atoms. The topological polar surface area (TPSA) is 95.6 Å². The van der Waals surface area contributed by atoms with Crippen molar-refractivity contribution in [2.45, 2.75) is 34.1 Å². The van der Waals surface area contributed by atoms with Gasteiger partial charge in [0, 0.05) is 5.75 Å². The second-order valence-corrected chi connectivity index (χ2v) is 6.77. The van der Waals surface area contributed by atoms with E-state index in [1.165, 1.54) is 0 Å². The van der Waals surface area contributed by atoms with Crippen molar-refractivity contribution in [3.05, 3.63) is 0 Å². The Kier molecular flexibility index (Phi) is 18.3. The minimum absolute atomic E-state index is 0. The summed E-state index contributed by atoms with van der Waals surface area (Å²) in [7, 11) is 0. The molecule has 0 fully saturated rings. The molecule has 0 spiro atoms. The Morgan fingerprint density at radius 1 is 1.12 bits per heavy atom. The largest absolute Gasteiger partial charge is 0.383 e. The third-order valence-electron chi connectivity index (χ3n) is 1.57. The summed E-state index contributed by atoms with van der Waals surface area (Å²) in [6.07, 6.45) is 2.85. The highest BCUT2D eigenvalue weighted by Crippen LogP contribution is 2.50. The number of nitrogens with two attached hydrogens (primary N) is 1. The predicted octanol–water partition coefficient (Wildman–Crippen LogP) is 1.80. The number of hydrogen-bond donors (Lipinski definition) is 4. The van der Waals surface area contributed by atoms with Crippen LogP contribution < -0.4 is 11.1 Å². The molecule has 0 aromatic rings. The van der Waals surface area contributed by atoms with Crippen LogP contribution in [0.1, 0.15) is 34.1 Å². The summed E-state index contributed by atoms with van der Waals surface area (Å²) in [6.45, 7) is -1.41. The van der Waals surface area contributed by atoms with Crippen LogP contribution in [0, 0.1) is 0 Å². The van der Waals surface area contributed by atoms with Gasteiger partial charge in [0.25, 0.3) is 0 Å². The second kappa shape index (κ2) is 13.5. The van der Waals surface area contributed by atoms with E-state index in [2.05, 4.69) is 5.32 Å². The van der Waals surface area contributed by atoms with E-state index in [-0.39, 0.29) is 14.9 Å². The lowest BCUT2D eigenvalue weighted by molar-refractivity contribution is 0.397. The van der Waals surface area contributed by atoms with E-state index in [0.717, 1.165) is 38.9 Å². The van der Waals surface area contributed by atoms with Crippen LogP contribution in [0.2, 0.25) is 0 Å². The van der Waals surface area contributed by atoms with E-state index in [1.807, 2.05) is 0 Å². The van der Waals surface area contributed by atoms with Gasteiger partial charge >= 0.3 is 6.80 Å². The van der Waals surface area contributed by atoms with Crippen molar-refractivity contribution in [2.24, 2.45) is 5.73 Å². The molecule has 0 aliphatic rings. The van der Waals surface area contributed by atoms with Crippen molar-refractivity contribution < 1.29 is 14.4 Å². The molecule has 5 N–H and O–H groups in total. The molecule has 7 heteroatoms. The van der Waals surface area contributed by atoms with Crippen molar-refractivity contribution >= 4 is 18.2 Å². The zero-order chi connectivity index (χ0) is 10.9. The minimum atomic E-state index is -3.86. The molecule has 0 atom stereocenters. The Morgan fingerprint density at radius 3 is 2.19 bits per heavy atom.